The summed E-state index contributed by atoms with van der Waals surface area (Å²) in [6.45, 7) is 5.76. The first-order chi connectivity index (χ1) is 15.6. The minimum absolute atomic E-state index is 0.0672. The molecular formula is C27H30N2O3. The number of hydrogen-bond donors (Lipinski definition) is 0. The van der Waals surface area contributed by atoms with Crippen LogP contribution >= 0.6 is 0 Å². The maximum Gasteiger partial charge on any atom is 0.247 e. The Morgan fingerprint density at radius 2 is 1.91 bits per heavy atom. The van der Waals surface area contributed by atoms with Gasteiger partial charge < -0.3 is 14.4 Å². The van der Waals surface area contributed by atoms with E-state index < -0.39 is 0 Å². The van der Waals surface area contributed by atoms with Gasteiger partial charge in [0, 0.05) is 31.6 Å². The molecule has 0 saturated heterocycles. The first-order valence-electron chi connectivity index (χ1n) is 10.8. The molecule has 1 aromatic heterocycles. The second-order valence-electron chi connectivity index (χ2n) is 7.57. The Morgan fingerprint density at radius 1 is 1.06 bits per heavy atom. The third-order valence-electron chi connectivity index (χ3n) is 5.10. The van der Waals surface area contributed by atoms with Crippen LogP contribution in [0.2, 0.25) is 0 Å². The van der Waals surface area contributed by atoms with E-state index >= 15 is 0 Å². The first-order valence-corrected chi connectivity index (χ1v) is 10.8. The number of carbonyl (C=O) groups excluding carboxylic acids is 1. The van der Waals surface area contributed by atoms with Crippen molar-refractivity contribution >= 4 is 12.0 Å². The van der Waals surface area contributed by atoms with Gasteiger partial charge >= 0.3 is 0 Å². The molecule has 0 aliphatic carbocycles. The number of aromatic nitrogens is 1. The summed E-state index contributed by atoms with van der Waals surface area (Å²) in [6.07, 6.45) is 7.87. The van der Waals surface area contributed by atoms with Gasteiger partial charge in [0.15, 0.2) is 11.5 Å². The van der Waals surface area contributed by atoms with Crippen LogP contribution < -0.4 is 9.47 Å². The molecule has 0 bridgehead atoms. The molecule has 0 fully saturated rings. The highest BCUT2D eigenvalue weighted by atomic mass is 16.5. The average Bonchev–Trinajstić information content (AvgIpc) is 2.83. The van der Waals surface area contributed by atoms with Gasteiger partial charge in [-0.05, 0) is 59.9 Å². The van der Waals surface area contributed by atoms with Crippen LogP contribution in [0.5, 0.6) is 11.5 Å². The summed E-state index contributed by atoms with van der Waals surface area (Å²) in [5, 5.41) is 0. The molecule has 1 heterocycles. The van der Waals surface area contributed by atoms with Crippen LogP contribution in [0.4, 0.5) is 0 Å². The van der Waals surface area contributed by atoms with Gasteiger partial charge in [0.1, 0.15) is 0 Å². The molecule has 166 valence electrons. The smallest absolute Gasteiger partial charge is 0.247 e. The maximum atomic E-state index is 13.2. The molecule has 3 rings (SSSR count). The fraction of sp³-hybridized carbons (Fsp3) is 0.259. The van der Waals surface area contributed by atoms with Crippen molar-refractivity contribution in [3.05, 3.63) is 95.3 Å². The summed E-state index contributed by atoms with van der Waals surface area (Å²) < 4.78 is 11.2. The van der Waals surface area contributed by atoms with E-state index in [-0.39, 0.29) is 5.91 Å². The van der Waals surface area contributed by atoms with Crippen LogP contribution in [0, 0.1) is 6.92 Å². The molecular weight excluding hydrogens is 400 g/mol. The zero-order chi connectivity index (χ0) is 22.8. The average molecular weight is 431 g/mol. The van der Waals surface area contributed by atoms with Gasteiger partial charge in [0.05, 0.1) is 13.7 Å². The van der Waals surface area contributed by atoms with E-state index in [9.17, 15) is 4.79 Å². The Bertz CT molecular complexity index is 1050. The topological polar surface area (TPSA) is 51.7 Å². The van der Waals surface area contributed by atoms with Crippen molar-refractivity contribution in [3.8, 4) is 11.5 Å². The Balaban J connectivity index is 1.79. The van der Waals surface area contributed by atoms with Crippen molar-refractivity contribution in [2.45, 2.75) is 33.4 Å². The van der Waals surface area contributed by atoms with Crippen molar-refractivity contribution in [1.82, 2.24) is 9.88 Å². The molecule has 0 saturated carbocycles. The Kier molecular flexibility index (Phi) is 8.44. The van der Waals surface area contributed by atoms with Gasteiger partial charge in [-0.3, -0.25) is 9.78 Å². The van der Waals surface area contributed by atoms with Crippen LogP contribution in [0.1, 0.15) is 35.6 Å². The molecule has 0 atom stereocenters. The highest BCUT2D eigenvalue weighted by Gasteiger charge is 2.14. The van der Waals surface area contributed by atoms with E-state index in [2.05, 4.69) is 31.0 Å². The molecule has 32 heavy (non-hydrogen) atoms. The molecule has 0 N–H and O–H groups in total. The lowest BCUT2D eigenvalue weighted by Gasteiger charge is -2.22. The summed E-state index contributed by atoms with van der Waals surface area (Å²) in [4.78, 5) is 19.2. The quantitative estimate of drug-likeness (QED) is 0.403. The molecule has 3 aromatic rings. The largest absolute Gasteiger partial charge is 0.493 e. The van der Waals surface area contributed by atoms with Gasteiger partial charge in [0.2, 0.25) is 5.91 Å². The van der Waals surface area contributed by atoms with Gasteiger partial charge in [-0.2, -0.15) is 0 Å². The van der Waals surface area contributed by atoms with Crippen molar-refractivity contribution in [3.63, 3.8) is 0 Å². The third kappa shape index (κ3) is 6.45. The molecule has 2 aromatic carbocycles. The predicted octanol–water partition coefficient (Wildman–Crippen LogP) is 5.43. The number of methoxy groups -OCH3 is 1. The summed E-state index contributed by atoms with van der Waals surface area (Å²) in [7, 11) is 1.62. The number of aryl methyl sites for hydroxylation is 1. The van der Waals surface area contributed by atoms with Gasteiger partial charge in [-0.1, -0.05) is 43.3 Å². The van der Waals surface area contributed by atoms with Crippen LogP contribution in [-0.4, -0.2) is 29.5 Å². The second kappa shape index (κ2) is 11.7. The van der Waals surface area contributed by atoms with E-state index in [4.69, 9.17) is 9.47 Å². The molecule has 5 heteroatoms. The number of hydrogen-bond acceptors (Lipinski definition) is 4. The van der Waals surface area contributed by atoms with Gasteiger partial charge in [-0.25, -0.2) is 0 Å². The van der Waals surface area contributed by atoms with Crippen molar-refractivity contribution in [2.75, 3.05) is 13.7 Å². The zero-order valence-corrected chi connectivity index (χ0v) is 19.0. The standard InChI is InChI=1S/C27H30N2O3/c1-4-16-32-25-13-11-22(17-26(25)31-3)12-14-27(30)29(19-23-9-7-15-28-18-23)20-24-10-6-5-8-21(24)2/h5-15,17-18H,4,16,19-20H2,1-3H3/b14-12+. The first kappa shape index (κ1) is 23.1. The lowest BCUT2D eigenvalue weighted by atomic mass is 10.1. The summed E-state index contributed by atoms with van der Waals surface area (Å²) in [6, 6.07) is 17.7. The Labute approximate surface area is 190 Å². The monoisotopic (exact) mass is 430 g/mol. The summed E-state index contributed by atoms with van der Waals surface area (Å²) in [5.41, 5.74) is 4.14. The van der Waals surface area contributed by atoms with E-state index in [0.717, 1.165) is 28.7 Å². The molecule has 0 aliphatic rings. The Hall–Kier alpha value is -3.60. The van der Waals surface area contributed by atoms with Crippen LogP contribution in [0.3, 0.4) is 0 Å². The molecule has 0 aliphatic heterocycles. The van der Waals surface area contributed by atoms with Crippen LogP contribution in [-0.2, 0) is 17.9 Å². The minimum atomic E-state index is -0.0672. The lowest BCUT2D eigenvalue weighted by molar-refractivity contribution is -0.127. The van der Waals surface area contributed by atoms with Crippen molar-refractivity contribution in [2.24, 2.45) is 0 Å². The van der Waals surface area contributed by atoms with Gasteiger partial charge in [-0.15, -0.1) is 0 Å². The second-order valence-corrected chi connectivity index (χ2v) is 7.57. The number of rotatable bonds is 10. The van der Waals surface area contributed by atoms with Crippen LogP contribution in [0.25, 0.3) is 6.08 Å². The number of ether oxygens (including phenoxy) is 2. The third-order valence-corrected chi connectivity index (χ3v) is 5.10. The highest BCUT2D eigenvalue weighted by Crippen LogP contribution is 2.28. The number of amides is 1. The highest BCUT2D eigenvalue weighted by molar-refractivity contribution is 5.91. The molecule has 0 unspecified atom stereocenters. The van der Waals surface area contributed by atoms with E-state index in [0.29, 0.717) is 31.2 Å². The molecule has 0 spiro atoms. The van der Waals surface area contributed by atoms with Crippen LogP contribution in [0.15, 0.2) is 73.1 Å². The van der Waals surface area contributed by atoms with E-state index in [1.165, 1.54) is 0 Å². The van der Waals surface area contributed by atoms with E-state index in [1.807, 2.05) is 53.4 Å². The molecule has 0 radical (unpaired) electrons. The lowest BCUT2D eigenvalue weighted by Crippen LogP contribution is -2.28. The molecule has 5 nitrogen and oxygen atoms in total. The molecule has 1 amide bonds. The Morgan fingerprint density at radius 3 is 2.62 bits per heavy atom. The minimum Gasteiger partial charge on any atom is -0.493 e. The number of nitrogens with zero attached hydrogens (tertiary/aromatic N) is 2. The fourth-order valence-corrected chi connectivity index (χ4v) is 3.31. The predicted molar refractivity (Wildman–Crippen MR) is 127 cm³/mol. The number of carbonyl (C=O) groups is 1. The SMILES string of the molecule is CCCOc1ccc(/C=C/C(=O)N(Cc2cccnc2)Cc2ccccc2C)cc1OC. The fourth-order valence-electron chi connectivity index (χ4n) is 3.31. The van der Waals surface area contributed by atoms with Crippen molar-refractivity contribution < 1.29 is 14.3 Å². The normalized spacial score (nSPS) is 10.8. The maximum absolute atomic E-state index is 13.2. The number of pyridine rings is 1. The van der Waals surface area contributed by atoms with Crippen molar-refractivity contribution in [1.29, 1.82) is 0 Å². The van der Waals surface area contributed by atoms with Gasteiger partial charge in [0.25, 0.3) is 0 Å². The summed E-state index contributed by atoms with van der Waals surface area (Å²) in [5.74, 6) is 1.29. The zero-order valence-electron chi connectivity index (χ0n) is 19.0. The van der Waals surface area contributed by atoms with E-state index in [1.54, 1.807) is 25.6 Å². The summed E-state index contributed by atoms with van der Waals surface area (Å²) >= 11 is 0. The number of benzene rings is 2.